The lowest BCUT2D eigenvalue weighted by molar-refractivity contribution is -0.384. The first-order valence-corrected chi connectivity index (χ1v) is 6.10. The molecule has 1 N–H and O–H groups in total. The number of ether oxygens (including phenoxy) is 2. The standard InChI is InChI=1S/C13H20N2O4/c1-5-19-11-8-6-7-10(12(11)15(16)17)14-9-13(2,3)18-4/h6-8,14H,5,9H2,1-4H3. The summed E-state index contributed by atoms with van der Waals surface area (Å²) in [6, 6.07) is 4.97. The number of anilines is 1. The molecule has 19 heavy (non-hydrogen) atoms. The average Bonchev–Trinajstić information content (AvgIpc) is 2.36. The maximum Gasteiger partial charge on any atom is 0.333 e. The first kappa shape index (κ1) is 15.2. The van der Waals surface area contributed by atoms with Crippen molar-refractivity contribution in [1.29, 1.82) is 0 Å². The minimum Gasteiger partial charge on any atom is -0.487 e. The molecular weight excluding hydrogens is 248 g/mol. The van der Waals surface area contributed by atoms with Crippen molar-refractivity contribution in [2.24, 2.45) is 0 Å². The third-order valence-electron chi connectivity index (χ3n) is 2.74. The monoisotopic (exact) mass is 268 g/mol. The van der Waals surface area contributed by atoms with Gasteiger partial charge >= 0.3 is 5.69 Å². The van der Waals surface area contributed by atoms with Gasteiger partial charge in [0.2, 0.25) is 0 Å². The van der Waals surface area contributed by atoms with Crippen LogP contribution >= 0.6 is 0 Å². The van der Waals surface area contributed by atoms with Crippen LogP contribution in [-0.2, 0) is 4.74 Å². The molecule has 0 aliphatic carbocycles. The molecule has 0 saturated carbocycles. The number of methoxy groups -OCH3 is 1. The van der Waals surface area contributed by atoms with Crippen LogP contribution in [0.2, 0.25) is 0 Å². The zero-order chi connectivity index (χ0) is 14.5. The van der Waals surface area contributed by atoms with Gasteiger partial charge in [-0.05, 0) is 32.9 Å². The van der Waals surface area contributed by atoms with Gasteiger partial charge in [0.25, 0.3) is 0 Å². The zero-order valence-corrected chi connectivity index (χ0v) is 11.7. The molecule has 1 aromatic rings. The van der Waals surface area contributed by atoms with Crippen molar-refractivity contribution in [3.8, 4) is 5.75 Å². The second-order valence-electron chi connectivity index (χ2n) is 4.66. The Balaban J connectivity index is 3.00. The van der Waals surface area contributed by atoms with Crippen LogP contribution in [0.25, 0.3) is 0 Å². The van der Waals surface area contributed by atoms with Crippen LogP contribution in [-0.4, -0.2) is 30.8 Å². The second kappa shape index (κ2) is 6.38. The quantitative estimate of drug-likeness (QED) is 0.608. The second-order valence-corrected chi connectivity index (χ2v) is 4.66. The van der Waals surface area contributed by atoms with Gasteiger partial charge in [-0.1, -0.05) is 6.07 Å². The fourth-order valence-corrected chi connectivity index (χ4v) is 1.51. The van der Waals surface area contributed by atoms with Gasteiger partial charge in [-0.15, -0.1) is 0 Å². The van der Waals surface area contributed by atoms with Crippen molar-refractivity contribution in [1.82, 2.24) is 0 Å². The minimum atomic E-state index is -0.437. The predicted octanol–water partition coefficient (Wildman–Crippen LogP) is 2.83. The molecule has 0 atom stereocenters. The molecule has 6 heteroatoms. The number of nitro groups is 1. The van der Waals surface area contributed by atoms with E-state index in [1.165, 1.54) is 0 Å². The Kier molecular flexibility index (Phi) is 5.11. The lowest BCUT2D eigenvalue weighted by Gasteiger charge is -2.23. The Morgan fingerprint density at radius 1 is 1.42 bits per heavy atom. The Morgan fingerprint density at radius 2 is 2.11 bits per heavy atom. The molecule has 0 aromatic heterocycles. The largest absolute Gasteiger partial charge is 0.487 e. The van der Waals surface area contributed by atoms with E-state index in [2.05, 4.69) is 5.32 Å². The Morgan fingerprint density at radius 3 is 2.63 bits per heavy atom. The average molecular weight is 268 g/mol. The van der Waals surface area contributed by atoms with Crippen LogP contribution in [0.1, 0.15) is 20.8 Å². The summed E-state index contributed by atoms with van der Waals surface area (Å²) in [5, 5.41) is 14.2. The summed E-state index contributed by atoms with van der Waals surface area (Å²) in [4.78, 5) is 10.7. The van der Waals surface area contributed by atoms with Crippen LogP contribution in [0.4, 0.5) is 11.4 Å². The van der Waals surface area contributed by atoms with Gasteiger partial charge in [0, 0.05) is 13.7 Å². The molecule has 0 spiro atoms. The van der Waals surface area contributed by atoms with Crippen molar-refractivity contribution in [3.05, 3.63) is 28.3 Å². The highest BCUT2D eigenvalue weighted by Gasteiger charge is 2.23. The minimum absolute atomic E-state index is 0.0451. The zero-order valence-electron chi connectivity index (χ0n) is 11.7. The molecule has 1 rings (SSSR count). The molecule has 0 saturated heterocycles. The van der Waals surface area contributed by atoms with Crippen LogP contribution in [0.15, 0.2) is 18.2 Å². The van der Waals surface area contributed by atoms with E-state index in [-0.39, 0.29) is 11.4 Å². The van der Waals surface area contributed by atoms with Crippen LogP contribution in [0.5, 0.6) is 5.75 Å². The van der Waals surface area contributed by atoms with E-state index in [9.17, 15) is 10.1 Å². The summed E-state index contributed by atoms with van der Waals surface area (Å²) >= 11 is 0. The summed E-state index contributed by atoms with van der Waals surface area (Å²) in [6.07, 6.45) is 0. The molecule has 0 fully saturated rings. The first-order valence-electron chi connectivity index (χ1n) is 6.10. The molecule has 6 nitrogen and oxygen atoms in total. The molecule has 0 amide bonds. The van der Waals surface area contributed by atoms with E-state index < -0.39 is 10.5 Å². The lowest BCUT2D eigenvalue weighted by atomic mass is 10.1. The molecular formula is C13H20N2O4. The maximum absolute atomic E-state index is 11.2. The third-order valence-corrected chi connectivity index (χ3v) is 2.74. The van der Waals surface area contributed by atoms with Gasteiger partial charge in [-0.25, -0.2) is 0 Å². The highest BCUT2D eigenvalue weighted by molar-refractivity contribution is 5.68. The van der Waals surface area contributed by atoms with Gasteiger partial charge in [0.05, 0.1) is 17.1 Å². The van der Waals surface area contributed by atoms with E-state index in [1.807, 2.05) is 13.8 Å². The van der Waals surface area contributed by atoms with E-state index >= 15 is 0 Å². The maximum atomic E-state index is 11.2. The normalized spacial score (nSPS) is 11.2. The fraction of sp³-hybridized carbons (Fsp3) is 0.538. The summed E-state index contributed by atoms with van der Waals surface area (Å²) < 4.78 is 10.6. The van der Waals surface area contributed by atoms with E-state index in [0.717, 1.165) is 0 Å². The summed E-state index contributed by atoms with van der Waals surface area (Å²) in [5.41, 5.74) is -0.0208. The summed E-state index contributed by atoms with van der Waals surface area (Å²) in [7, 11) is 1.60. The Hall–Kier alpha value is -1.82. The molecule has 0 unspecified atom stereocenters. The molecule has 1 aromatic carbocycles. The molecule has 0 aliphatic rings. The number of nitrogens with one attached hydrogen (secondary N) is 1. The number of hydrogen-bond acceptors (Lipinski definition) is 5. The number of para-hydroxylation sites is 1. The van der Waals surface area contributed by atoms with Gasteiger partial charge in [-0.3, -0.25) is 10.1 Å². The van der Waals surface area contributed by atoms with Crippen molar-refractivity contribution < 1.29 is 14.4 Å². The smallest absolute Gasteiger partial charge is 0.333 e. The number of rotatable bonds is 7. The lowest BCUT2D eigenvalue weighted by Crippen LogP contribution is -2.32. The van der Waals surface area contributed by atoms with E-state index in [4.69, 9.17) is 9.47 Å². The summed E-state index contributed by atoms with van der Waals surface area (Å²) in [6.45, 7) is 6.43. The topological polar surface area (TPSA) is 73.6 Å². The summed E-state index contributed by atoms with van der Waals surface area (Å²) in [5.74, 6) is 0.271. The SMILES string of the molecule is CCOc1cccc(NCC(C)(C)OC)c1[N+](=O)[O-]. The van der Waals surface area contributed by atoms with Gasteiger partial charge < -0.3 is 14.8 Å². The number of nitrogens with zero attached hydrogens (tertiary/aromatic N) is 1. The van der Waals surface area contributed by atoms with Crippen LogP contribution in [0, 0.1) is 10.1 Å². The van der Waals surface area contributed by atoms with Crippen molar-refractivity contribution in [3.63, 3.8) is 0 Å². The molecule has 106 valence electrons. The number of hydrogen-bond donors (Lipinski definition) is 1. The van der Waals surface area contributed by atoms with Crippen LogP contribution < -0.4 is 10.1 Å². The Labute approximate surface area is 112 Å². The first-order chi connectivity index (χ1) is 8.91. The van der Waals surface area contributed by atoms with Crippen LogP contribution in [0.3, 0.4) is 0 Å². The van der Waals surface area contributed by atoms with Crippen molar-refractivity contribution in [2.45, 2.75) is 26.4 Å². The predicted molar refractivity (Wildman–Crippen MR) is 73.8 cm³/mol. The van der Waals surface area contributed by atoms with Gasteiger partial charge in [0.1, 0.15) is 5.69 Å². The Bertz CT molecular complexity index is 446. The van der Waals surface area contributed by atoms with E-state index in [1.54, 1.807) is 32.2 Å². The third kappa shape index (κ3) is 4.10. The molecule has 0 aliphatic heterocycles. The van der Waals surface area contributed by atoms with Gasteiger partial charge in [0.15, 0.2) is 5.75 Å². The molecule has 0 heterocycles. The highest BCUT2D eigenvalue weighted by atomic mass is 16.6. The van der Waals surface area contributed by atoms with Gasteiger partial charge in [-0.2, -0.15) is 0 Å². The molecule has 0 radical (unpaired) electrons. The van der Waals surface area contributed by atoms with E-state index in [0.29, 0.717) is 18.8 Å². The van der Waals surface area contributed by atoms with Crippen molar-refractivity contribution >= 4 is 11.4 Å². The highest BCUT2D eigenvalue weighted by Crippen LogP contribution is 2.35. The number of nitro benzene ring substituents is 1. The molecule has 0 bridgehead atoms. The van der Waals surface area contributed by atoms with Crippen molar-refractivity contribution in [2.75, 3.05) is 25.6 Å². The number of benzene rings is 1. The fourth-order valence-electron chi connectivity index (χ4n) is 1.51.